The molecular formula is C16H32SeTe. The van der Waals surface area contributed by atoms with E-state index in [-0.39, 0.29) is 20.9 Å². The summed E-state index contributed by atoms with van der Waals surface area (Å²) in [7, 11) is 0. The maximum absolute atomic E-state index is 2.66. The summed E-state index contributed by atoms with van der Waals surface area (Å²) in [5.74, 6) is 0. The van der Waals surface area contributed by atoms with Crippen molar-refractivity contribution in [2.24, 2.45) is 0 Å². The number of rotatable bonds is 13. The van der Waals surface area contributed by atoms with Crippen LogP contribution in [-0.4, -0.2) is 35.9 Å². The molecule has 2 heteroatoms. The summed E-state index contributed by atoms with van der Waals surface area (Å²) in [5.41, 5.74) is 0. The van der Waals surface area contributed by atoms with Crippen molar-refractivity contribution in [1.82, 2.24) is 0 Å². The molecule has 108 valence electrons. The summed E-state index contributed by atoms with van der Waals surface area (Å²) in [5, 5.41) is 1.50. The molecule has 0 unspecified atom stereocenters. The Labute approximate surface area is 132 Å². The molecule has 0 aliphatic rings. The first kappa shape index (κ1) is 19.0. The van der Waals surface area contributed by atoms with E-state index in [2.05, 4.69) is 26.8 Å². The quantitative estimate of drug-likeness (QED) is 0.262. The van der Waals surface area contributed by atoms with Crippen LogP contribution in [0.4, 0.5) is 0 Å². The first-order valence-electron chi connectivity index (χ1n) is 7.80. The summed E-state index contributed by atoms with van der Waals surface area (Å²) in [6, 6.07) is 0. The maximum atomic E-state index is 2.66. The van der Waals surface area contributed by atoms with E-state index in [1.54, 1.807) is 4.47 Å². The minimum absolute atomic E-state index is 0.216. The average Bonchev–Trinajstić information content (AvgIpc) is 2.38. The Kier molecular flexibility index (Phi) is 17.0. The molecule has 0 N–H and O–H groups in total. The number of allylic oxidation sites excluding steroid dienone is 1. The van der Waals surface area contributed by atoms with Crippen LogP contribution in [0.3, 0.4) is 0 Å². The van der Waals surface area contributed by atoms with Gasteiger partial charge in [-0.25, -0.2) is 0 Å². The van der Waals surface area contributed by atoms with Gasteiger partial charge < -0.3 is 0 Å². The molecule has 0 nitrogen and oxygen atoms in total. The molecular weight excluding hydrogens is 399 g/mol. The van der Waals surface area contributed by atoms with E-state index >= 15 is 0 Å². The van der Waals surface area contributed by atoms with Crippen LogP contribution in [0, 0.1) is 0 Å². The van der Waals surface area contributed by atoms with E-state index in [9.17, 15) is 0 Å². The second-order valence-corrected chi connectivity index (χ2v) is 12.2. The van der Waals surface area contributed by atoms with Gasteiger partial charge >= 0.3 is 133 Å². The van der Waals surface area contributed by atoms with E-state index < -0.39 is 0 Å². The van der Waals surface area contributed by atoms with Gasteiger partial charge in [0.15, 0.2) is 0 Å². The van der Waals surface area contributed by atoms with E-state index in [1.807, 2.05) is 2.52 Å². The third-order valence-corrected chi connectivity index (χ3v) is 10.9. The van der Waals surface area contributed by atoms with Crippen LogP contribution in [0.1, 0.15) is 78.6 Å². The molecule has 0 spiro atoms. The molecule has 0 aliphatic carbocycles. The van der Waals surface area contributed by atoms with Crippen LogP contribution in [0.2, 0.25) is 9.79 Å². The van der Waals surface area contributed by atoms with Crippen LogP contribution in [-0.2, 0) is 0 Å². The van der Waals surface area contributed by atoms with Gasteiger partial charge in [0.25, 0.3) is 0 Å². The Balaban J connectivity index is 3.81. The Hall–Kier alpha value is 1.05. The van der Waals surface area contributed by atoms with Gasteiger partial charge in [-0.1, -0.05) is 0 Å². The number of unbranched alkanes of at least 4 members (excludes halogenated alkanes) is 6. The Morgan fingerprint density at radius 2 is 1.61 bits per heavy atom. The monoisotopic (exact) mass is 434 g/mol. The molecule has 0 atom stereocenters. The molecule has 0 saturated carbocycles. The van der Waals surface area contributed by atoms with Crippen molar-refractivity contribution in [1.29, 1.82) is 0 Å². The zero-order valence-electron chi connectivity index (χ0n) is 12.7. The van der Waals surface area contributed by atoms with Crippen molar-refractivity contribution in [3.05, 3.63) is 8.60 Å². The molecule has 0 fully saturated rings. The molecule has 0 aliphatic heterocycles. The van der Waals surface area contributed by atoms with Crippen LogP contribution in [0.25, 0.3) is 0 Å². The summed E-state index contributed by atoms with van der Waals surface area (Å²) < 4.78 is 3.50. The first-order chi connectivity index (χ1) is 8.85. The van der Waals surface area contributed by atoms with Crippen molar-refractivity contribution < 1.29 is 0 Å². The van der Waals surface area contributed by atoms with Gasteiger partial charge in [-0.05, 0) is 0 Å². The molecule has 0 heterocycles. The Bertz CT molecular complexity index is 178. The third kappa shape index (κ3) is 13.5. The van der Waals surface area contributed by atoms with E-state index in [0.717, 1.165) is 15.0 Å². The molecule has 18 heavy (non-hydrogen) atoms. The molecule has 0 aromatic heterocycles. The van der Waals surface area contributed by atoms with E-state index in [1.165, 1.54) is 63.1 Å². The van der Waals surface area contributed by atoms with Gasteiger partial charge in [-0.2, -0.15) is 0 Å². The minimum atomic E-state index is 0.216. The zero-order valence-corrected chi connectivity index (χ0v) is 16.7. The average molecular weight is 431 g/mol. The van der Waals surface area contributed by atoms with Crippen molar-refractivity contribution in [2.75, 3.05) is 0 Å². The van der Waals surface area contributed by atoms with Gasteiger partial charge in [-0.15, -0.1) is 0 Å². The Morgan fingerprint density at radius 3 is 2.28 bits per heavy atom. The first-order valence-corrected chi connectivity index (χ1v) is 12.7. The van der Waals surface area contributed by atoms with Crippen LogP contribution in [0.15, 0.2) is 8.60 Å². The second kappa shape index (κ2) is 16.1. The molecule has 0 aromatic carbocycles. The summed E-state index contributed by atoms with van der Waals surface area (Å²) in [6.07, 6.45) is 15.4. The zero-order chi connectivity index (χ0) is 13.5. The molecule has 0 saturated heterocycles. The number of hydrogen-bond donors (Lipinski definition) is 0. The van der Waals surface area contributed by atoms with Gasteiger partial charge in [0.05, 0.1) is 0 Å². The Morgan fingerprint density at radius 1 is 0.889 bits per heavy atom. The van der Waals surface area contributed by atoms with Crippen LogP contribution >= 0.6 is 0 Å². The third-order valence-electron chi connectivity index (χ3n) is 2.85. The molecule has 0 rings (SSSR count). The van der Waals surface area contributed by atoms with Crippen molar-refractivity contribution in [2.45, 2.75) is 88.3 Å². The topological polar surface area (TPSA) is 0 Å². The van der Waals surface area contributed by atoms with Crippen molar-refractivity contribution >= 4 is 35.9 Å². The number of hydrogen-bond acceptors (Lipinski definition) is 0. The SMILES string of the molecule is CCCCCC/C=C(\[Se]CCCC)[Te]CCCC. The van der Waals surface area contributed by atoms with Gasteiger partial charge in [-0.3, -0.25) is 0 Å². The predicted molar refractivity (Wildman–Crippen MR) is 87.8 cm³/mol. The fourth-order valence-electron chi connectivity index (χ4n) is 1.58. The van der Waals surface area contributed by atoms with Crippen molar-refractivity contribution in [3.63, 3.8) is 0 Å². The fraction of sp³-hybridized carbons (Fsp3) is 0.875. The summed E-state index contributed by atoms with van der Waals surface area (Å²) >= 11 is 1.07. The van der Waals surface area contributed by atoms with Gasteiger partial charge in [0.1, 0.15) is 0 Å². The molecule has 0 radical (unpaired) electrons. The molecule has 0 bridgehead atoms. The summed E-state index contributed by atoms with van der Waals surface area (Å²) in [6.45, 7) is 6.94. The molecule has 0 aromatic rings. The normalized spacial score (nSPS) is 12.1. The van der Waals surface area contributed by atoms with Crippen LogP contribution < -0.4 is 0 Å². The van der Waals surface area contributed by atoms with E-state index in [0.29, 0.717) is 0 Å². The fourth-order valence-corrected chi connectivity index (χ4v) is 9.71. The van der Waals surface area contributed by atoms with E-state index in [4.69, 9.17) is 0 Å². The molecule has 0 amide bonds. The standard InChI is InChI=1S/C16H32SeTe/c1-4-7-10-11-12-13-16(17-14-8-5-2)18-15-9-6-3/h13H,4-12,14-15H2,1-3H3/b16-13+. The van der Waals surface area contributed by atoms with Crippen molar-refractivity contribution in [3.8, 4) is 0 Å². The second-order valence-electron chi connectivity index (χ2n) is 4.78. The predicted octanol–water partition coefficient (Wildman–Crippen LogP) is 5.64. The van der Waals surface area contributed by atoms with Crippen LogP contribution in [0.5, 0.6) is 0 Å². The van der Waals surface area contributed by atoms with Gasteiger partial charge in [0.2, 0.25) is 0 Å². The summed E-state index contributed by atoms with van der Waals surface area (Å²) in [4.78, 5) is 0. The van der Waals surface area contributed by atoms with Gasteiger partial charge in [0, 0.05) is 0 Å².